The van der Waals surface area contributed by atoms with Crippen molar-refractivity contribution >= 4 is 5.91 Å². The van der Waals surface area contributed by atoms with Crippen LogP contribution >= 0.6 is 0 Å². The van der Waals surface area contributed by atoms with Crippen LogP contribution in [0.1, 0.15) is 19.8 Å². The average molecular weight is 235 g/mol. The van der Waals surface area contributed by atoms with Gasteiger partial charge in [-0.15, -0.1) is 0 Å². The maximum atomic E-state index is 12.1. The van der Waals surface area contributed by atoms with Crippen LogP contribution < -0.4 is 10.6 Å². The summed E-state index contributed by atoms with van der Waals surface area (Å²) < 4.78 is 0. The van der Waals surface area contributed by atoms with Crippen LogP contribution in [-0.2, 0) is 4.79 Å². The Hall–Kier alpha value is -1.03. The van der Waals surface area contributed by atoms with Crippen molar-refractivity contribution in [2.45, 2.75) is 25.8 Å². The minimum atomic E-state index is 0.216. The maximum Gasteiger partial charge on any atom is 0.248 e. The molecule has 1 amide bonds. The van der Waals surface area contributed by atoms with Crippen LogP contribution in [0.3, 0.4) is 0 Å². The molecule has 0 spiro atoms. The zero-order chi connectivity index (χ0) is 11.8. The van der Waals surface area contributed by atoms with E-state index in [1.807, 2.05) is 0 Å². The lowest BCUT2D eigenvalue weighted by Crippen LogP contribution is -2.59. The fourth-order valence-electron chi connectivity index (χ4n) is 3.56. The van der Waals surface area contributed by atoms with Crippen LogP contribution in [0.5, 0.6) is 0 Å². The molecule has 2 fully saturated rings. The molecule has 0 aliphatic carbocycles. The summed E-state index contributed by atoms with van der Waals surface area (Å²) in [5, 5.41) is 6.82. The lowest BCUT2D eigenvalue weighted by atomic mass is 9.77. The summed E-state index contributed by atoms with van der Waals surface area (Å²) in [5.74, 6) is 1.53. The number of hydrogen-bond donors (Lipinski definition) is 2. The fraction of sp³-hybridized carbons (Fsp3) is 0.769. The lowest BCUT2D eigenvalue weighted by Gasteiger charge is -2.49. The number of carbonyl (C=O) groups excluding carboxylic acids is 1. The Morgan fingerprint density at radius 1 is 1.53 bits per heavy atom. The summed E-state index contributed by atoms with van der Waals surface area (Å²) in [7, 11) is 0. The smallest absolute Gasteiger partial charge is 0.248 e. The molecule has 2 N–H and O–H groups in total. The van der Waals surface area contributed by atoms with Gasteiger partial charge in [-0.05, 0) is 38.3 Å². The molecule has 2 saturated heterocycles. The van der Waals surface area contributed by atoms with Crippen molar-refractivity contribution in [1.29, 1.82) is 0 Å². The molecule has 3 heterocycles. The number of nitrogens with zero attached hydrogens (tertiary/aromatic N) is 1. The molecule has 0 aromatic heterocycles. The summed E-state index contributed by atoms with van der Waals surface area (Å²) in [4.78, 5) is 14.2. The van der Waals surface area contributed by atoms with Crippen molar-refractivity contribution in [2.75, 3.05) is 26.2 Å². The Kier molecular flexibility index (Phi) is 2.82. The Bertz CT molecular complexity index is 353. The number of amides is 1. The van der Waals surface area contributed by atoms with Crippen molar-refractivity contribution < 1.29 is 4.79 Å². The molecule has 0 aromatic carbocycles. The van der Waals surface area contributed by atoms with E-state index in [0.717, 1.165) is 38.3 Å². The molecule has 4 heteroatoms. The summed E-state index contributed by atoms with van der Waals surface area (Å²) in [5.41, 5.74) is 1.13. The Morgan fingerprint density at radius 3 is 3.24 bits per heavy atom. The number of hydrogen-bond acceptors (Lipinski definition) is 3. The predicted molar refractivity (Wildman–Crippen MR) is 66.3 cm³/mol. The SMILES string of the molecule is CCNC1=CC(=O)N2CC3CNC[C@H](C3)[C@@H]2C1. The first kappa shape index (κ1) is 11.1. The monoisotopic (exact) mass is 235 g/mol. The standard InChI is InChI=1S/C13H21N3O/c1-2-15-11-4-12-10-3-9(6-14-7-10)8-16(12)13(17)5-11/h5,9-10,12,14-15H,2-4,6-8H2,1H3/t9?,10-,12-/m0/s1. The molecular weight excluding hydrogens is 214 g/mol. The Morgan fingerprint density at radius 2 is 2.41 bits per heavy atom. The summed E-state index contributed by atoms with van der Waals surface area (Å²) in [6.45, 7) is 6.08. The molecule has 1 unspecified atom stereocenters. The average Bonchev–Trinajstić information content (AvgIpc) is 2.32. The number of fused-ring (bicyclic) bond motifs is 4. The van der Waals surface area contributed by atoms with Crippen LogP contribution in [0.25, 0.3) is 0 Å². The van der Waals surface area contributed by atoms with Crippen LogP contribution in [0.15, 0.2) is 11.8 Å². The molecule has 3 aliphatic rings. The second kappa shape index (κ2) is 4.33. The fourth-order valence-corrected chi connectivity index (χ4v) is 3.56. The van der Waals surface area contributed by atoms with Crippen molar-refractivity contribution in [3.05, 3.63) is 11.8 Å². The van der Waals surface area contributed by atoms with Crippen molar-refractivity contribution in [3.63, 3.8) is 0 Å². The molecule has 0 saturated carbocycles. The van der Waals surface area contributed by atoms with Gasteiger partial charge >= 0.3 is 0 Å². The van der Waals surface area contributed by atoms with Gasteiger partial charge in [-0.2, -0.15) is 0 Å². The van der Waals surface area contributed by atoms with Gasteiger partial charge in [0.05, 0.1) is 0 Å². The van der Waals surface area contributed by atoms with Crippen LogP contribution in [0.2, 0.25) is 0 Å². The van der Waals surface area contributed by atoms with E-state index in [4.69, 9.17) is 0 Å². The van der Waals surface area contributed by atoms with Crippen molar-refractivity contribution in [2.24, 2.45) is 11.8 Å². The van der Waals surface area contributed by atoms with Crippen molar-refractivity contribution in [1.82, 2.24) is 15.5 Å². The molecule has 4 nitrogen and oxygen atoms in total. The van der Waals surface area contributed by atoms with Gasteiger partial charge in [-0.1, -0.05) is 0 Å². The molecule has 0 aromatic rings. The summed E-state index contributed by atoms with van der Waals surface area (Å²) in [6.07, 6.45) is 4.11. The highest BCUT2D eigenvalue weighted by Gasteiger charge is 2.42. The quantitative estimate of drug-likeness (QED) is 0.724. The summed E-state index contributed by atoms with van der Waals surface area (Å²) >= 11 is 0. The molecule has 2 bridgehead atoms. The highest BCUT2D eigenvalue weighted by atomic mass is 16.2. The van der Waals surface area contributed by atoms with Gasteiger partial charge in [0.1, 0.15) is 0 Å². The minimum Gasteiger partial charge on any atom is -0.388 e. The zero-order valence-electron chi connectivity index (χ0n) is 10.4. The number of rotatable bonds is 2. The highest BCUT2D eigenvalue weighted by molar-refractivity contribution is 5.89. The van der Waals surface area contributed by atoms with E-state index in [1.54, 1.807) is 6.08 Å². The number of piperidine rings is 2. The maximum absolute atomic E-state index is 12.1. The molecule has 3 aliphatic heterocycles. The topological polar surface area (TPSA) is 44.4 Å². The normalized spacial score (nSPS) is 36.3. The molecule has 3 atom stereocenters. The summed E-state index contributed by atoms with van der Waals surface area (Å²) in [6, 6.07) is 0.422. The molecule has 17 heavy (non-hydrogen) atoms. The highest BCUT2D eigenvalue weighted by Crippen LogP contribution is 2.35. The van der Waals surface area contributed by atoms with Gasteiger partial charge in [0, 0.05) is 37.3 Å². The number of nitrogens with one attached hydrogen (secondary N) is 2. The van der Waals surface area contributed by atoms with Gasteiger partial charge < -0.3 is 15.5 Å². The molecule has 94 valence electrons. The van der Waals surface area contributed by atoms with E-state index < -0.39 is 0 Å². The van der Waals surface area contributed by atoms with Gasteiger partial charge in [0.2, 0.25) is 5.91 Å². The van der Waals surface area contributed by atoms with Crippen LogP contribution in [-0.4, -0.2) is 43.0 Å². The third-order valence-electron chi connectivity index (χ3n) is 4.29. The first-order valence-corrected chi connectivity index (χ1v) is 6.73. The van der Waals surface area contributed by atoms with Crippen LogP contribution in [0.4, 0.5) is 0 Å². The first-order valence-electron chi connectivity index (χ1n) is 6.73. The van der Waals surface area contributed by atoms with E-state index >= 15 is 0 Å². The van der Waals surface area contributed by atoms with E-state index in [-0.39, 0.29) is 5.91 Å². The predicted octanol–water partition coefficient (Wildman–Crippen LogP) is 0.320. The third-order valence-corrected chi connectivity index (χ3v) is 4.29. The van der Waals surface area contributed by atoms with Crippen molar-refractivity contribution in [3.8, 4) is 0 Å². The lowest BCUT2D eigenvalue weighted by molar-refractivity contribution is -0.134. The molecule has 0 radical (unpaired) electrons. The van der Waals surface area contributed by atoms with Gasteiger partial charge in [0.15, 0.2) is 0 Å². The Balaban J connectivity index is 1.81. The first-order chi connectivity index (χ1) is 8.28. The Labute approximate surface area is 102 Å². The molecule has 3 rings (SSSR count). The minimum absolute atomic E-state index is 0.216. The third kappa shape index (κ3) is 1.95. The van der Waals surface area contributed by atoms with Gasteiger partial charge in [-0.3, -0.25) is 4.79 Å². The molecular formula is C13H21N3O. The zero-order valence-corrected chi connectivity index (χ0v) is 10.4. The van der Waals surface area contributed by atoms with Gasteiger partial charge in [0.25, 0.3) is 0 Å². The number of carbonyl (C=O) groups is 1. The van der Waals surface area contributed by atoms with Crippen LogP contribution in [0, 0.1) is 11.8 Å². The van der Waals surface area contributed by atoms with E-state index in [0.29, 0.717) is 17.9 Å². The second-order valence-corrected chi connectivity index (χ2v) is 5.48. The van der Waals surface area contributed by atoms with E-state index in [2.05, 4.69) is 22.5 Å². The van der Waals surface area contributed by atoms with Gasteiger partial charge in [-0.25, -0.2) is 0 Å². The second-order valence-electron chi connectivity index (χ2n) is 5.48. The van der Waals surface area contributed by atoms with E-state index in [1.165, 1.54) is 6.42 Å². The van der Waals surface area contributed by atoms with E-state index in [9.17, 15) is 4.79 Å². The largest absolute Gasteiger partial charge is 0.388 e.